The summed E-state index contributed by atoms with van der Waals surface area (Å²) in [6, 6.07) is 4.50. The monoisotopic (exact) mass is 252 g/mol. The predicted molar refractivity (Wildman–Crippen MR) is 65.4 cm³/mol. The van der Waals surface area contributed by atoms with Crippen LogP contribution in [0.2, 0.25) is 0 Å². The molecule has 1 aromatic rings. The molecule has 1 aromatic carbocycles. The van der Waals surface area contributed by atoms with Gasteiger partial charge >= 0.3 is 0 Å². The van der Waals surface area contributed by atoms with Crippen molar-refractivity contribution in [3.05, 3.63) is 33.9 Å². The zero-order valence-electron chi connectivity index (χ0n) is 10.0. The fourth-order valence-electron chi connectivity index (χ4n) is 1.90. The summed E-state index contributed by atoms with van der Waals surface area (Å²) in [5, 5.41) is 10.7. The highest BCUT2D eigenvalue weighted by Gasteiger charge is 2.17. The Hall–Kier alpha value is -1.66. The lowest BCUT2D eigenvalue weighted by Crippen LogP contribution is -2.13. The van der Waals surface area contributed by atoms with Crippen LogP contribution in [-0.2, 0) is 11.3 Å². The summed E-state index contributed by atoms with van der Waals surface area (Å²) in [5.74, 6) is 1.01. The molecule has 0 spiro atoms. The molecule has 98 valence electrons. The minimum atomic E-state index is -0.437. The quantitative estimate of drug-likeness (QED) is 0.633. The van der Waals surface area contributed by atoms with E-state index in [9.17, 15) is 10.1 Å². The van der Waals surface area contributed by atoms with Gasteiger partial charge in [-0.1, -0.05) is 0 Å². The average Bonchev–Trinajstić information content (AvgIpc) is 2.89. The van der Waals surface area contributed by atoms with Gasteiger partial charge in [0.1, 0.15) is 5.75 Å². The third-order valence-electron chi connectivity index (χ3n) is 2.97. The van der Waals surface area contributed by atoms with Crippen LogP contribution in [-0.4, -0.2) is 24.7 Å². The number of ether oxygens (including phenoxy) is 2. The number of nitrogens with two attached hydrogens (primary N) is 1. The van der Waals surface area contributed by atoms with Crippen molar-refractivity contribution in [3.63, 3.8) is 0 Å². The first-order valence-electron chi connectivity index (χ1n) is 5.88. The summed E-state index contributed by atoms with van der Waals surface area (Å²) >= 11 is 0. The molecule has 0 saturated carbocycles. The van der Waals surface area contributed by atoms with Crippen molar-refractivity contribution in [2.24, 2.45) is 11.7 Å². The molecule has 6 nitrogen and oxygen atoms in total. The molecule has 1 fully saturated rings. The van der Waals surface area contributed by atoms with Crippen molar-refractivity contribution in [2.45, 2.75) is 13.0 Å². The van der Waals surface area contributed by atoms with E-state index in [2.05, 4.69) is 0 Å². The van der Waals surface area contributed by atoms with Crippen LogP contribution in [0.1, 0.15) is 12.0 Å². The highest BCUT2D eigenvalue weighted by Crippen LogP contribution is 2.25. The molecular formula is C12H16N2O4. The van der Waals surface area contributed by atoms with Crippen LogP contribution in [0.25, 0.3) is 0 Å². The Morgan fingerprint density at radius 1 is 1.56 bits per heavy atom. The molecular weight excluding hydrogens is 236 g/mol. The standard InChI is InChI=1S/C12H16N2O4/c13-6-10-5-11(14(15)16)1-2-12(10)18-8-9-3-4-17-7-9/h1-2,5,9H,3-4,6-8,13H2. The van der Waals surface area contributed by atoms with Gasteiger partial charge in [-0.15, -0.1) is 0 Å². The van der Waals surface area contributed by atoms with Crippen molar-refractivity contribution in [3.8, 4) is 5.75 Å². The molecule has 0 aromatic heterocycles. The Bertz CT molecular complexity index is 430. The number of nitro benzene ring substituents is 1. The van der Waals surface area contributed by atoms with Crippen molar-refractivity contribution in [1.29, 1.82) is 0 Å². The molecule has 2 rings (SSSR count). The summed E-state index contributed by atoms with van der Waals surface area (Å²) in [5.41, 5.74) is 6.27. The van der Waals surface area contributed by atoms with E-state index in [1.807, 2.05) is 0 Å². The minimum Gasteiger partial charge on any atom is -0.493 e. The summed E-state index contributed by atoms with van der Waals surface area (Å²) in [4.78, 5) is 10.2. The second kappa shape index (κ2) is 5.79. The molecule has 1 aliphatic rings. The number of non-ortho nitro benzene ring substituents is 1. The maximum atomic E-state index is 10.7. The van der Waals surface area contributed by atoms with E-state index in [1.54, 1.807) is 6.07 Å². The van der Waals surface area contributed by atoms with Crippen LogP contribution in [0.5, 0.6) is 5.75 Å². The second-order valence-electron chi connectivity index (χ2n) is 4.29. The van der Waals surface area contributed by atoms with E-state index in [1.165, 1.54) is 12.1 Å². The smallest absolute Gasteiger partial charge is 0.270 e. The first-order chi connectivity index (χ1) is 8.70. The minimum absolute atomic E-state index is 0.0343. The van der Waals surface area contributed by atoms with Crippen LogP contribution in [0.15, 0.2) is 18.2 Å². The number of nitrogens with zero attached hydrogens (tertiary/aromatic N) is 1. The van der Waals surface area contributed by atoms with Gasteiger partial charge in [0.05, 0.1) is 18.1 Å². The molecule has 0 radical (unpaired) electrons. The number of nitro groups is 1. The van der Waals surface area contributed by atoms with Crippen LogP contribution in [0.4, 0.5) is 5.69 Å². The fourth-order valence-corrected chi connectivity index (χ4v) is 1.90. The highest BCUT2D eigenvalue weighted by atomic mass is 16.6. The Morgan fingerprint density at radius 2 is 2.39 bits per heavy atom. The van der Waals surface area contributed by atoms with E-state index < -0.39 is 4.92 Å². The molecule has 1 unspecified atom stereocenters. The molecule has 1 heterocycles. The number of hydrogen-bond donors (Lipinski definition) is 1. The van der Waals surface area contributed by atoms with Crippen LogP contribution < -0.4 is 10.5 Å². The van der Waals surface area contributed by atoms with Gasteiger partial charge in [-0.2, -0.15) is 0 Å². The van der Waals surface area contributed by atoms with Crippen molar-refractivity contribution >= 4 is 5.69 Å². The Balaban J connectivity index is 2.04. The fraction of sp³-hybridized carbons (Fsp3) is 0.500. The Morgan fingerprint density at radius 3 is 3.00 bits per heavy atom. The highest BCUT2D eigenvalue weighted by molar-refractivity contribution is 5.43. The first-order valence-corrected chi connectivity index (χ1v) is 5.88. The van der Waals surface area contributed by atoms with Gasteiger partial charge in [0.15, 0.2) is 0 Å². The second-order valence-corrected chi connectivity index (χ2v) is 4.29. The number of hydrogen-bond acceptors (Lipinski definition) is 5. The summed E-state index contributed by atoms with van der Waals surface area (Å²) < 4.78 is 10.9. The molecule has 1 saturated heterocycles. The van der Waals surface area contributed by atoms with E-state index in [0.29, 0.717) is 30.4 Å². The number of benzene rings is 1. The molecule has 1 aliphatic heterocycles. The number of rotatable bonds is 5. The molecule has 0 bridgehead atoms. The van der Waals surface area contributed by atoms with Crippen LogP contribution in [0, 0.1) is 16.0 Å². The van der Waals surface area contributed by atoms with Gasteiger partial charge in [0.2, 0.25) is 0 Å². The van der Waals surface area contributed by atoms with Gasteiger partial charge in [-0.05, 0) is 12.5 Å². The maximum absolute atomic E-state index is 10.7. The zero-order chi connectivity index (χ0) is 13.0. The van der Waals surface area contributed by atoms with Gasteiger partial charge in [-0.25, -0.2) is 0 Å². The van der Waals surface area contributed by atoms with Crippen molar-refractivity contribution in [2.75, 3.05) is 19.8 Å². The average molecular weight is 252 g/mol. The first kappa shape index (κ1) is 12.8. The molecule has 0 aliphatic carbocycles. The summed E-state index contributed by atoms with van der Waals surface area (Å²) in [6.07, 6.45) is 0.991. The van der Waals surface area contributed by atoms with Crippen LogP contribution >= 0.6 is 0 Å². The van der Waals surface area contributed by atoms with E-state index in [-0.39, 0.29) is 12.2 Å². The topological polar surface area (TPSA) is 87.6 Å². The third kappa shape index (κ3) is 2.96. The lowest BCUT2D eigenvalue weighted by molar-refractivity contribution is -0.384. The Kier molecular flexibility index (Phi) is 4.11. The maximum Gasteiger partial charge on any atom is 0.270 e. The summed E-state index contributed by atoms with van der Waals surface area (Å²) in [7, 11) is 0. The molecule has 6 heteroatoms. The predicted octanol–water partition coefficient (Wildman–Crippen LogP) is 1.47. The normalized spacial score (nSPS) is 18.8. The lowest BCUT2D eigenvalue weighted by Gasteiger charge is -2.13. The molecule has 18 heavy (non-hydrogen) atoms. The van der Waals surface area contributed by atoms with Gasteiger partial charge in [0, 0.05) is 36.8 Å². The van der Waals surface area contributed by atoms with E-state index in [0.717, 1.165) is 13.0 Å². The SMILES string of the molecule is NCc1cc([N+](=O)[O-])ccc1OCC1CCOC1. The molecule has 0 amide bonds. The van der Waals surface area contributed by atoms with E-state index in [4.69, 9.17) is 15.2 Å². The van der Waals surface area contributed by atoms with Crippen LogP contribution in [0.3, 0.4) is 0 Å². The zero-order valence-corrected chi connectivity index (χ0v) is 10.0. The van der Waals surface area contributed by atoms with Gasteiger partial charge in [-0.3, -0.25) is 10.1 Å². The lowest BCUT2D eigenvalue weighted by atomic mass is 10.1. The van der Waals surface area contributed by atoms with Gasteiger partial charge in [0.25, 0.3) is 5.69 Å². The van der Waals surface area contributed by atoms with E-state index >= 15 is 0 Å². The third-order valence-corrected chi connectivity index (χ3v) is 2.97. The molecule has 2 N–H and O–H groups in total. The summed E-state index contributed by atoms with van der Waals surface area (Å²) in [6.45, 7) is 2.27. The van der Waals surface area contributed by atoms with Gasteiger partial charge < -0.3 is 15.2 Å². The Labute approximate surface area is 105 Å². The molecule has 1 atom stereocenters. The van der Waals surface area contributed by atoms with Crippen molar-refractivity contribution in [1.82, 2.24) is 0 Å². The largest absolute Gasteiger partial charge is 0.493 e. The van der Waals surface area contributed by atoms with Crippen molar-refractivity contribution < 1.29 is 14.4 Å².